The number of benzene rings is 5. The number of hydrogen-bond acceptors (Lipinski definition) is 9. The third-order valence-corrected chi connectivity index (χ3v) is 12.6. The van der Waals surface area contributed by atoms with E-state index in [9.17, 15) is 28.2 Å². The number of sulfonamides is 1. The number of aromatic nitrogens is 1. The lowest BCUT2D eigenvalue weighted by atomic mass is 9.84. The molecule has 0 aliphatic carbocycles. The van der Waals surface area contributed by atoms with Crippen LogP contribution in [-0.2, 0) is 37.3 Å². The number of anilines is 1. The lowest BCUT2D eigenvalue weighted by Crippen LogP contribution is -2.45. The van der Waals surface area contributed by atoms with Crippen molar-refractivity contribution in [1.29, 1.82) is 0 Å². The van der Waals surface area contributed by atoms with Gasteiger partial charge in [-0.3, -0.25) is 4.79 Å². The molecule has 0 radical (unpaired) electrons. The van der Waals surface area contributed by atoms with Crippen LogP contribution in [0, 0.1) is 6.92 Å². The number of hydrogen-bond donors (Lipinski definition) is 4. The number of amides is 1. The van der Waals surface area contributed by atoms with Crippen LogP contribution in [0.25, 0.3) is 0 Å². The number of aliphatic hydroxyl groups is 1. The number of carboxylic acid groups (broad SMARTS) is 1. The Labute approximate surface area is 347 Å². The zero-order valence-corrected chi connectivity index (χ0v) is 33.7. The van der Waals surface area contributed by atoms with Gasteiger partial charge in [-0.15, -0.1) is 11.8 Å². The average Bonchev–Trinajstić information content (AvgIpc) is 3.26. The van der Waals surface area contributed by atoms with E-state index in [4.69, 9.17) is 9.47 Å². The number of ether oxygens (including phenoxy) is 2. The van der Waals surface area contributed by atoms with E-state index in [-0.39, 0.29) is 29.4 Å². The fourth-order valence-corrected chi connectivity index (χ4v) is 9.23. The van der Waals surface area contributed by atoms with Crippen LogP contribution in [0.15, 0.2) is 162 Å². The van der Waals surface area contributed by atoms with Crippen molar-refractivity contribution in [3.8, 4) is 0 Å². The zero-order chi connectivity index (χ0) is 41.4. The van der Waals surface area contributed by atoms with Crippen molar-refractivity contribution >= 4 is 39.3 Å². The Kier molecular flexibility index (Phi) is 13.3. The van der Waals surface area contributed by atoms with E-state index in [1.165, 1.54) is 30.0 Å². The van der Waals surface area contributed by atoms with Crippen LogP contribution in [0.5, 0.6) is 0 Å². The Bertz CT molecular complexity index is 2470. The van der Waals surface area contributed by atoms with Gasteiger partial charge in [0.1, 0.15) is 11.1 Å². The molecule has 1 aromatic heterocycles. The monoisotopic (exact) mass is 829 g/mol. The molecule has 1 unspecified atom stereocenters. The van der Waals surface area contributed by atoms with E-state index in [1.807, 2.05) is 97.9 Å². The molecule has 1 amide bonds. The lowest BCUT2D eigenvalue weighted by molar-refractivity contribution is -0.255. The molecular formula is C46H43N3O8S2. The third-order valence-electron chi connectivity index (χ3n) is 10.0. The largest absolute Gasteiger partial charge is 0.478 e. The number of carbonyl (C=O) groups excluding carboxylic acids is 1. The number of carbonyl (C=O) groups is 2. The Morgan fingerprint density at radius 1 is 0.780 bits per heavy atom. The molecule has 5 atom stereocenters. The van der Waals surface area contributed by atoms with Crippen molar-refractivity contribution in [3.63, 3.8) is 0 Å². The predicted octanol–water partition coefficient (Wildman–Crippen LogP) is 7.84. The highest BCUT2D eigenvalue weighted by Crippen LogP contribution is 2.48. The summed E-state index contributed by atoms with van der Waals surface area (Å²) in [6.07, 6.45) is -0.370. The van der Waals surface area contributed by atoms with E-state index in [1.54, 1.807) is 42.6 Å². The number of aromatic carboxylic acids is 1. The Hall–Kier alpha value is -5.67. The molecule has 5 aromatic carbocycles. The number of rotatable bonds is 15. The van der Waals surface area contributed by atoms with Gasteiger partial charge in [-0.2, -0.15) is 4.72 Å². The minimum absolute atomic E-state index is 0.0480. The number of aryl methyl sites for hydroxylation is 1. The summed E-state index contributed by atoms with van der Waals surface area (Å²) < 4.78 is 43.3. The second-order valence-corrected chi connectivity index (χ2v) is 16.9. The Balaban J connectivity index is 1.20. The van der Waals surface area contributed by atoms with Crippen LogP contribution in [0.3, 0.4) is 0 Å². The van der Waals surface area contributed by atoms with Gasteiger partial charge in [0, 0.05) is 29.1 Å². The fraction of sp³-hybridized carbons (Fsp3) is 0.196. The van der Waals surface area contributed by atoms with Gasteiger partial charge in [-0.25, -0.2) is 18.2 Å². The van der Waals surface area contributed by atoms with Gasteiger partial charge in [-0.1, -0.05) is 115 Å². The molecule has 59 heavy (non-hydrogen) atoms. The molecular weight excluding hydrogens is 787 g/mol. The highest BCUT2D eigenvalue weighted by Gasteiger charge is 2.42. The number of nitrogens with one attached hydrogen (secondary N) is 2. The summed E-state index contributed by atoms with van der Waals surface area (Å²) in [4.78, 5) is 30.5. The summed E-state index contributed by atoms with van der Waals surface area (Å²) >= 11 is 1.28. The second kappa shape index (κ2) is 18.9. The molecule has 0 bridgehead atoms. The van der Waals surface area contributed by atoms with Gasteiger partial charge in [0.2, 0.25) is 15.9 Å². The first-order valence-corrected chi connectivity index (χ1v) is 21.5. The van der Waals surface area contributed by atoms with Crippen molar-refractivity contribution in [3.05, 3.63) is 191 Å². The van der Waals surface area contributed by atoms with Gasteiger partial charge in [0.25, 0.3) is 0 Å². The van der Waals surface area contributed by atoms with Gasteiger partial charge in [-0.05, 0) is 72.0 Å². The topological polar surface area (TPSA) is 164 Å². The summed E-state index contributed by atoms with van der Waals surface area (Å²) in [5, 5.41) is 23.0. The van der Waals surface area contributed by atoms with Gasteiger partial charge in [0.05, 0.1) is 29.3 Å². The summed E-state index contributed by atoms with van der Waals surface area (Å²) in [5.74, 6) is -1.67. The number of aliphatic hydroxyl groups excluding tert-OH is 1. The first-order valence-electron chi connectivity index (χ1n) is 19.0. The van der Waals surface area contributed by atoms with Crippen LogP contribution in [0.2, 0.25) is 0 Å². The first-order chi connectivity index (χ1) is 28.6. The molecule has 11 nitrogen and oxygen atoms in total. The highest BCUT2D eigenvalue weighted by molar-refractivity contribution is 7.99. The summed E-state index contributed by atoms with van der Waals surface area (Å²) in [7, 11) is -4.07. The predicted molar refractivity (Wildman–Crippen MR) is 225 cm³/mol. The Morgan fingerprint density at radius 3 is 2.17 bits per heavy atom. The molecule has 302 valence electrons. The van der Waals surface area contributed by atoms with E-state index in [2.05, 4.69) is 15.0 Å². The molecule has 0 saturated carbocycles. The smallest absolute Gasteiger partial charge is 0.338 e. The average molecular weight is 830 g/mol. The first kappa shape index (κ1) is 41.5. The quantitative estimate of drug-likeness (QED) is 0.0750. The van der Waals surface area contributed by atoms with Gasteiger partial charge < -0.3 is 25.0 Å². The minimum Gasteiger partial charge on any atom is -0.478 e. The lowest BCUT2D eigenvalue weighted by Gasteiger charge is -2.43. The number of carboxylic acids is 1. The maximum Gasteiger partial charge on any atom is 0.338 e. The normalized spacial score (nSPS) is 18.5. The van der Waals surface area contributed by atoms with Crippen LogP contribution in [0.4, 0.5) is 5.69 Å². The van der Waals surface area contributed by atoms with E-state index < -0.39 is 46.4 Å². The van der Waals surface area contributed by atoms with Gasteiger partial charge in [0.15, 0.2) is 6.29 Å². The van der Waals surface area contributed by atoms with Crippen molar-refractivity contribution < 1.29 is 37.7 Å². The molecule has 7 rings (SSSR count). The summed E-state index contributed by atoms with van der Waals surface area (Å²) in [6, 6.07) is 41.9. The molecule has 0 spiro atoms. The maximum absolute atomic E-state index is 14.0. The molecule has 4 N–H and O–H groups in total. The molecule has 6 aromatic rings. The molecule has 2 heterocycles. The van der Waals surface area contributed by atoms with E-state index in [0.717, 1.165) is 27.8 Å². The SMILES string of the molecule is Cc1ccc(S(=O)(=O)N[C@H](Cc2ccccc2)C(=O)Nc2cccc(C3O[C@H](CSc4ncccc4C(=O)O)[C@@H](c4ccccc4)[C@H](c4ccc(CO)cc4)O3)c2)cc1. The molecule has 1 saturated heterocycles. The van der Waals surface area contributed by atoms with Crippen molar-refractivity contribution in [2.24, 2.45) is 0 Å². The number of thioether (sulfide) groups is 1. The molecule has 1 aliphatic heterocycles. The van der Waals surface area contributed by atoms with E-state index in [0.29, 0.717) is 22.0 Å². The van der Waals surface area contributed by atoms with E-state index >= 15 is 0 Å². The third kappa shape index (κ3) is 10.3. The Morgan fingerprint density at radius 2 is 1.47 bits per heavy atom. The molecule has 13 heteroatoms. The van der Waals surface area contributed by atoms with Crippen LogP contribution >= 0.6 is 11.8 Å². The second-order valence-electron chi connectivity index (χ2n) is 14.2. The van der Waals surface area contributed by atoms with Crippen molar-refractivity contribution in [2.75, 3.05) is 11.1 Å². The summed E-state index contributed by atoms with van der Waals surface area (Å²) in [5.41, 5.74) is 5.28. The van der Waals surface area contributed by atoms with Crippen LogP contribution in [-0.4, -0.2) is 53.4 Å². The fourth-order valence-electron chi connectivity index (χ4n) is 6.98. The minimum atomic E-state index is -4.07. The molecule has 1 aliphatic rings. The van der Waals surface area contributed by atoms with Crippen LogP contribution in [0.1, 0.15) is 62.1 Å². The van der Waals surface area contributed by atoms with Crippen molar-refractivity contribution in [1.82, 2.24) is 9.71 Å². The van der Waals surface area contributed by atoms with Crippen molar-refractivity contribution in [2.45, 2.75) is 60.3 Å². The maximum atomic E-state index is 14.0. The zero-order valence-electron chi connectivity index (χ0n) is 32.0. The number of pyridine rings is 1. The standard InChI is InChI=1S/C46H43N3O8S2/c1-30-17-23-37(24-18-30)59(54,55)49-39(26-31-10-4-2-5-11-31)43(51)48-36-15-8-14-35(27-36)46-56-40(29-58-44-38(45(52)53)16-9-25-47-44)41(33-12-6-3-7-13-33)42(57-46)34-21-19-32(28-50)20-22-34/h2-25,27,39-42,46,49-50H,26,28-29H2,1H3,(H,48,51)(H,52,53)/t39-,40-,41-,42+,46?/m1/s1. The van der Waals surface area contributed by atoms with Crippen LogP contribution < -0.4 is 10.0 Å². The van der Waals surface area contributed by atoms with Gasteiger partial charge >= 0.3 is 5.97 Å². The molecule has 1 fully saturated rings. The number of nitrogens with zero attached hydrogens (tertiary/aromatic N) is 1. The highest BCUT2D eigenvalue weighted by atomic mass is 32.2. The summed E-state index contributed by atoms with van der Waals surface area (Å²) in [6.45, 7) is 1.75.